The summed E-state index contributed by atoms with van der Waals surface area (Å²) in [5.74, 6) is 1.65. The summed E-state index contributed by atoms with van der Waals surface area (Å²) in [6, 6.07) is 10.9. The lowest BCUT2D eigenvalue weighted by atomic mass is 9.50. The van der Waals surface area contributed by atoms with Crippen molar-refractivity contribution in [2.24, 2.45) is 5.92 Å². The smallest absolute Gasteiger partial charge is 0.297 e. The van der Waals surface area contributed by atoms with Crippen LogP contribution in [0.1, 0.15) is 63.5 Å². The summed E-state index contributed by atoms with van der Waals surface area (Å²) in [6.07, 6.45) is 9.53. The summed E-state index contributed by atoms with van der Waals surface area (Å²) in [4.78, 5) is 0. The van der Waals surface area contributed by atoms with E-state index >= 15 is 0 Å². The Labute approximate surface area is 162 Å². The monoisotopic (exact) mass is 368 g/mol. The van der Waals surface area contributed by atoms with E-state index in [4.69, 9.17) is 4.65 Å². The second-order valence-corrected chi connectivity index (χ2v) is 15.3. The lowest BCUT2D eigenvalue weighted by Crippen LogP contribution is -2.45. The number of hydrogen-bond acceptors (Lipinski definition) is 1. The van der Waals surface area contributed by atoms with E-state index in [1.807, 2.05) is 0 Å². The van der Waals surface area contributed by atoms with E-state index in [9.17, 15) is 0 Å². The predicted octanol–water partition coefficient (Wildman–Crippen LogP) is 7.30. The predicted molar refractivity (Wildman–Crippen MR) is 117 cm³/mol. The van der Waals surface area contributed by atoms with Crippen molar-refractivity contribution in [3.05, 3.63) is 48.0 Å². The molecule has 0 spiro atoms. The van der Waals surface area contributed by atoms with Gasteiger partial charge in [0.2, 0.25) is 0 Å². The fourth-order valence-electron chi connectivity index (χ4n) is 5.64. The summed E-state index contributed by atoms with van der Waals surface area (Å²) in [6.45, 7) is 14.5. The standard InChI is InChI=1S/C23H37BOSi/c1-18(2)17-22(19-11-7-6-8-12-19)25-24-21-15-9-13-20(14-10-16-21)23(24)26(3,4)5/h6-8,11-12,20-23H,1,9-10,13-17H2,2-5H3/t20?,21?,22-,23+/m1/s1. The van der Waals surface area contributed by atoms with Gasteiger partial charge in [-0.05, 0) is 36.1 Å². The highest BCUT2D eigenvalue weighted by Crippen LogP contribution is 2.51. The van der Waals surface area contributed by atoms with Gasteiger partial charge in [0.15, 0.2) is 0 Å². The van der Waals surface area contributed by atoms with Crippen LogP contribution in [0.25, 0.3) is 0 Å². The van der Waals surface area contributed by atoms with Gasteiger partial charge in [-0.3, -0.25) is 0 Å². The molecule has 1 aromatic rings. The van der Waals surface area contributed by atoms with Crippen LogP contribution in [0.2, 0.25) is 30.9 Å². The van der Waals surface area contributed by atoms with Gasteiger partial charge >= 0.3 is 0 Å². The molecule has 2 saturated heterocycles. The Morgan fingerprint density at radius 2 is 1.73 bits per heavy atom. The Balaban J connectivity index is 1.92. The molecule has 0 aliphatic carbocycles. The SMILES string of the molecule is C=C(C)C[C@@H](OB1C2CCCC(CCC2)[C@@H]1[Si](C)(C)C)c1ccccc1. The zero-order valence-corrected chi connectivity index (χ0v) is 18.3. The molecule has 2 bridgehead atoms. The third-order valence-electron chi connectivity index (χ3n) is 6.65. The lowest BCUT2D eigenvalue weighted by Gasteiger charge is -2.40. The maximum atomic E-state index is 7.10. The van der Waals surface area contributed by atoms with Crippen LogP contribution >= 0.6 is 0 Å². The van der Waals surface area contributed by atoms with Gasteiger partial charge < -0.3 is 4.65 Å². The molecule has 3 heteroatoms. The highest BCUT2D eigenvalue weighted by molar-refractivity contribution is 6.88. The first-order valence-electron chi connectivity index (χ1n) is 10.7. The van der Waals surface area contributed by atoms with E-state index in [0.717, 1.165) is 23.6 Å². The van der Waals surface area contributed by atoms with Gasteiger partial charge in [-0.15, -0.1) is 6.58 Å². The third kappa shape index (κ3) is 4.72. The second kappa shape index (κ2) is 8.48. The maximum absolute atomic E-state index is 7.10. The number of hydrogen-bond donors (Lipinski definition) is 0. The Bertz CT molecular complexity index is 584. The van der Waals surface area contributed by atoms with E-state index in [0.29, 0.717) is 6.92 Å². The molecule has 26 heavy (non-hydrogen) atoms. The van der Waals surface area contributed by atoms with Gasteiger partial charge in [-0.1, -0.05) is 94.1 Å². The molecule has 2 heterocycles. The third-order valence-corrected chi connectivity index (χ3v) is 9.45. The van der Waals surface area contributed by atoms with Crippen LogP contribution in [-0.2, 0) is 4.65 Å². The van der Waals surface area contributed by atoms with Crippen molar-refractivity contribution in [3.8, 4) is 0 Å². The molecule has 1 aromatic carbocycles. The fourth-order valence-corrected chi connectivity index (χ4v) is 8.72. The largest absolute Gasteiger partial charge is 0.429 e. The topological polar surface area (TPSA) is 9.23 Å². The summed E-state index contributed by atoms with van der Waals surface area (Å²) in [5, 5.41) is 0. The van der Waals surface area contributed by atoms with Crippen molar-refractivity contribution in [1.82, 2.24) is 0 Å². The molecule has 0 N–H and O–H groups in total. The average molecular weight is 368 g/mol. The van der Waals surface area contributed by atoms with Gasteiger partial charge in [0.05, 0.1) is 6.10 Å². The van der Waals surface area contributed by atoms with Gasteiger partial charge in [0.25, 0.3) is 6.92 Å². The van der Waals surface area contributed by atoms with Gasteiger partial charge in [-0.25, -0.2) is 0 Å². The highest BCUT2D eigenvalue weighted by atomic mass is 28.3. The van der Waals surface area contributed by atoms with E-state index in [2.05, 4.69) is 63.5 Å². The normalized spacial score (nSPS) is 27.7. The molecule has 0 amide bonds. The van der Waals surface area contributed by atoms with E-state index < -0.39 is 8.07 Å². The number of benzene rings is 1. The highest BCUT2D eigenvalue weighted by Gasteiger charge is 2.49. The van der Waals surface area contributed by atoms with Crippen molar-refractivity contribution < 1.29 is 4.65 Å². The zero-order valence-electron chi connectivity index (χ0n) is 17.3. The van der Waals surface area contributed by atoms with E-state index in [1.54, 1.807) is 0 Å². The minimum atomic E-state index is -1.29. The number of rotatable bonds is 6. The summed E-state index contributed by atoms with van der Waals surface area (Å²) in [5.41, 5.74) is 3.34. The molecule has 1 nitrogen and oxygen atoms in total. The first-order chi connectivity index (χ1) is 12.4. The van der Waals surface area contributed by atoms with Crippen LogP contribution in [0.4, 0.5) is 0 Å². The molecule has 2 atom stereocenters. The van der Waals surface area contributed by atoms with E-state index in [-0.39, 0.29) is 6.10 Å². The fraction of sp³-hybridized carbons (Fsp3) is 0.652. The van der Waals surface area contributed by atoms with E-state index in [1.165, 1.54) is 49.7 Å². The van der Waals surface area contributed by atoms with Crippen LogP contribution in [0.15, 0.2) is 42.5 Å². The quantitative estimate of drug-likeness (QED) is 0.378. The van der Waals surface area contributed by atoms with Crippen LogP contribution < -0.4 is 0 Å². The Morgan fingerprint density at radius 1 is 1.12 bits per heavy atom. The van der Waals surface area contributed by atoms with Crippen molar-refractivity contribution in [3.63, 3.8) is 0 Å². The Morgan fingerprint density at radius 3 is 2.27 bits per heavy atom. The van der Waals surface area contributed by atoms with Crippen molar-refractivity contribution in [1.29, 1.82) is 0 Å². The average Bonchev–Trinajstić information content (AvgIpc) is 2.82. The van der Waals surface area contributed by atoms with Crippen LogP contribution in [0.3, 0.4) is 0 Å². The molecule has 0 radical (unpaired) electrons. The summed E-state index contributed by atoms with van der Waals surface area (Å²) < 4.78 is 7.10. The number of fused-ring (bicyclic) bond motifs is 3. The minimum absolute atomic E-state index is 0.164. The summed E-state index contributed by atoms with van der Waals surface area (Å²) in [7, 11) is -1.29. The van der Waals surface area contributed by atoms with Gasteiger partial charge in [0.1, 0.15) is 0 Å². The minimum Gasteiger partial charge on any atom is -0.429 e. The molecule has 0 unspecified atom stereocenters. The lowest BCUT2D eigenvalue weighted by molar-refractivity contribution is 0.196. The van der Waals surface area contributed by atoms with Crippen LogP contribution in [0, 0.1) is 5.92 Å². The molecule has 2 aliphatic rings. The zero-order chi connectivity index (χ0) is 18.7. The first kappa shape index (κ1) is 19.9. The van der Waals surface area contributed by atoms with Crippen molar-refractivity contribution in [2.75, 3.05) is 0 Å². The molecule has 0 saturated carbocycles. The molecule has 142 valence electrons. The Kier molecular flexibility index (Phi) is 6.50. The molecule has 2 fully saturated rings. The molecular formula is C23H37BOSi. The van der Waals surface area contributed by atoms with Gasteiger partial charge in [0, 0.05) is 8.07 Å². The molecular weight excluding hydrogens is 331 g/mol. The summed E-state index contributed by atoms with van der Waals surface area (Å²) >= 11 is 0. The molecule has 3 rings (SSSR count). The van der Waals surface area contributed by atoms with Gasteiger partial charge in [-0.2, -0.15) is 0 Å². The molecule has 2 aliphatic heterocycles. The first-order valence-corrected chi connectivity index (χ1v) is 14.3. The second-order valence-electron chi connectivity index (χ2n) is 9.94. The maximum Gasteiger partial charge on any atom is 0.297 e. The molecule has 0 aromatic heterocycles. The van der Waals surface area contributed by atoms with Crippen molar-refractivity contribution >= 4 is 15.0 Å². The Hall–Kier alpha value is -0.798. The van der Waals surface area contributed by atoms with Crippen molar-refractivity contribution in [2.45, 2.75) is 88.9 Å². The van der Waals surface area contributed by atoms with Crippen LogP contribution in [-0.4, -0.2) is 15.0 Å². The van der Waals surface area contributed by atoms with Crippen LogP contribution in [0.5, 0.6) is 0 Å².